The minimum Gasteiger partial charge on any atom is -0.339 e. The van der Waals surface area contributed by atoms with Gasteiger partial charge in [0.05, 0.1) is 5.75 Å². The van der Waals surface area contributed by atoms with Crippen LogP contribution in [0.5, 0.6) is 0 Å². The van der Waals surface area contributed by atoms with E-state index in [1.165, 1.54) is 17.3 Å². The van der Waals surface area contributed by atoms with E-state index < -0.39 is 0 Å². The zero-order valence-corrected chi connectivity index (χ0v) is 16.5. The Balaban J connectivity index is 1.27. The van der Waals surface area contributed by atoms with E-state index in [0.29, 0.717) is 5.75 Å². The van der Waals surface area contributed by atoms with Crippen LogP contribution in [-0.4, -0.2) is 62.4 Å². The van der Waals surface area contributed by atoms with Crippen molar-refractivity contribution in [3.05, 3.63) is 72.6 Å². The monoisotopic (exact) mass is 393 g/mol. The number of hydrogen-bond donors (Lipinski definition) is 0. The first kappa shape index (κ1) is 18.7. The molecule has 6 nitrogen and oxygen atoms in total. The lowest BCUT2D eigenvalue weighted by Crippen LogP contribution is -2.48. The van der Waals surface area contributed by atoms with Gasteiger partial charge in [-0.3, -0.25) is 14.3 Å². The van der Waals surface area contributed by atoms with Crippen LogP contribution in [0, 0.1) is 0 Å². The van der Waals surface area contributed by atoms with Gasteiger partial charge in [-0.15, -0.1) is 10.2 Å². The van der Waals surface area contributed by atoms with E-state index in [2.05, 4.69) is 39.4 Å². The lowest BCUT2D eigenvalue weighted by Gasteiger charge is -2.34. The van der Waals surface area contributed by atoms with E-state index >= 15 is 0 Å². The number of piperazine rings is 1. The summed E-state index contributed by atoms with van der Waals surface area (Å²) < 4.78 is 1.91. The van der Waals surface area contributed by atoms with Crippen LogP contribution in [0.2, 0.25) is 0 Å². The van der Waals surface area contributed by atoms with E-state index in [0.717, 1.165) is 43.6 Å². The highest BCUT2D eigenvalue weighted by molar-refractivity contribution is 7.99. The maximum absolute atomic E-state index is 12.6. The van der Waals surface area contributed by atoms with Gasteiger partial charge in [0.25, 0.3) is 0 Å². The lowest BCUT2D eigenvalue weighted by molar-refractivity contribution is -0.130. The Morgan fingerprint density at radius 1 is 0.929 bits per heavy atom. The fraction of sp³-hybridized carbons (Fsp3) is 0.286. The maximum atomic E-state index is 12.6. The number of amides is 1. The number of carbonyl (C=O) groups is 1. The van der Waals surface area contributed by atoms with Crippen molar-refractivity contribution in [3.63, 3.8) is 0 Å². The molecule has 0 N–H and O–H groups in total. The Morgan fingerprint density at radius 2 is 1.61 bits per heavy atom. The predicted octanol–water partition coefficient (Wildman–Crippen LogP) is 2.70. The van der Waals surface area contributed by atoms with Gasteiger partial charge in [-0.1, -0.05) is 60.3 Å². The van der Waals surface area contributed by atoms with Crippen LogP contribution in [0.15, 0.2) is 72.1 Å². The smallest absolute Gasteiger partial charge is 0.233 e. The molecule has 3 aromatic rings. The molecule has 4 rings (SSSR count). The molecule has 1 aliphatic heterocycles. The fourth-order valence-electron chi connectivity index (χ4n) is 3.30. The number of rotatable bonds is 6. The van der Waals surface area contributed by atoms with E-state index in [1.54, 1.807) is 6.33 Å². The quantitative estimate of drug-likeness (QED) is 0.603. The van der Waals surface area contributed by atoms with E-state index in [-0.39, 0.29) is 5.91 Å². The molecule has 2 aromatic carbocycles. The summed E-state index contributed by atoms with van der Waals surface area (Å²) in [4.78, 5) is 17.0. The Hall–Kier alpha value is -2.64. The lowest BCUT2D eigenvalue weighted by atomic mass is 10.2. The van der Waals surface area contributed by atoms with Crippen LogP contribution in [-0.2, 0) is 11.3 Å². The SMILES string of the molecule is O=C(CSc1nncn1-c1ccccc1)N1CCN(Cc2ccccc2)CC1. The highest BCUT2D eigenvalue weighted by atomic mass is 32.2. The molecule has 1 saturated heterocycles. The van der Waals surface area contributed by atoms with Gasteiger partial charge in [0.2, 0.25) is 5.91 Å². The first-order valence-corrected chi connectivity index (χ1v) is 10.4. The van der Waals surface area contributed by atoms with Crippen molar-refractivity contribution in [2.75, 3.05) is 31.9 Å². The van der Waals surface area contributed by atoms with Gasteiger partial charge in [-0.05, 0) is 17.7 Å². The molecule has 1 fully saturated rings. The van der Waals surface area contributed by atoms with Crippen LogP contribution in [0.4, 0.5) is 0 Å². The third kappa shape index (κ3) is 4.61. The average molecular weight is 394 g/mol. The molecule has 1 amide bonds. The van der Waals surface area contributed by atoms with Gasteiger partial charge in [-0.2, -0.15) is 0 Å². The van der Waals surface area contributed by atoms with Gasteiger partial charge in [0, 0.05) is 38.4 Å². The Labute approximate surface area is 169 Å². The summed E-state index contributed by atoms with van der Waals surface area (Å²) in [6.45, 7) is 4.31. The second-order valence-corrected chi connectivity index (χ2v) is 7.69. The van der Waals surface area contributed by atoms with Crippen LogP contribution >= 0.6 is 11.8 Å². The van der Waals surface area contributed by atoms with Gasteiger partial charge in [0.1, 0.15) is 6.33 Å². The molecular formula is C21H23N5OS. The van der Waals surface area contributed by atoms with E-state index in [9.17, 15) is 4.79 Å². The second kappa shape index (κ2) is 9.03. The number of aromatic nitrogens is 3. The highest BCUT2D eigenvalue weighted by Crippen LogP contribution is 2.20. The summed E-state index contributed by atoms with van der Waals surface area (Å²) in [6, 6.07) is 20.4. The molecule has 144 valence electrons. The van der Waals surface area contributed by atoms with Crippen LogP contribution < -0.4 is 0 Å². The Bertz CT molecular complexity index is 891. The number of para-hydroxylation sites is 1. The minimum atomic E-state index is 0.159. The summed E-state index contributed by atoms with van der Waals surface area (Å²) in [6.07, 6.45) is 1.69. The molecule has 0 bridgehead atoms. The second-order valence-electron chi connectivity index (χ2n) is 6.75. The van der Waals surface area contributed by atoms with Gasteiger partial charge < -0.3 is 4.90 Å². The third-order valence-corrected chi connectivity index (χ3v) is 5.78. The molecule has 0 unspecified atom stereocenters. The molecule has 0 atom stereocenters. The number of benzene rings is 2. The molecular weight excluding hydrogens is 370 g/mol. The van der Waals surface area contributed by atoms with E-state index in [4.69, 9.17) is 0 Å². The Kier molecular flexibility index (Phi) is 6.04. The molecule has 1 aliphatic rings. The maximum Gasteiger partial charge on any atom is 0.233 e. The number of hydrogen-bond acceptors (Lipinski definition) is 5. The number of thioether (sulfide) groups is 1. The van der Waals surface area contributed by atoms with Crippen molar-refractivity contribution in [2.45, 2.75) is 11.7 Å². The van der Waals surface area contributed by atoms with Gasteiger partial charge in [-0.25, -0.2) is 0 Å². The summed E-state index contributed by atoms with van der Waals surface area (Å²) in [5, 5.41) is 8.90. The van der Waals surface area contributed by atoms with Gasteiger partial charge in [0.15, 0.2) is 5.16 Å². The zero-order chi connectivity index (χ0) is 19.2. The van der Waals surface area contributed by atoms with Crippen molar-refractivity contribution in [1.82, 2.24) is 24.6 Å². The fourth-order valence-corrected chi connectivity index (χ4v) is 4.13. The topological polar surface area (TPSA) is 54.3 Å². The van der Waals surface area contributed by atoms with Crippen LogP contribution in [0.25, 0.3) is 5.69 Å². The molecule has 0 aliphatic carbocycles. The van der Waals surface area contributed by atoms with Crippen LogP contribution in [0.3, 0.4) is 0 Å². The molecule has 1 aromatic heterocycles. The predicted molar refractivity (Wildman–Crippen MR) is 110 cm³/mol. The molecule has 0 saturated carbocycles. The molecule has 0 spiro atoms. The van der Waals surface area contributed by atoms with Crippen molar-refractivity contribution in [1.29, 1.82) is 0 Å². The normalized spacial score (nSPS) is 14.9. The highest BCUT2D eigenvalue weighted by Gasteiger charge is 2.21. The average Bonchev–Trinajstić information content (AvgIpc) is 3.23. The summed E-state index contributed by atoms with van der Waals surface area (Å²) in [5.41, 5.74) is 2.31. The van der Waals surface area contributed by atoms with Crippen molar-refractivity contribution in [2.24, 2.45) is 0 Å². The summed E-state index contributed by atoms with van der Waals surface area (Å²) in [5.74, 6) is 0.538. The molecule has 28 heavy (non-hydrogen) atoms. The Morgan fingerprint density at radius 3 is 2.32 bits per heavy atom. The first-order valence-electron chi connectivity index (χ1n) is 9.42. The zero-order valence-electron chi connectivity index (χ0n) is 15.6. The third-order valence-electron chi connectivity index (χ3n) is 4.85. The molecule has 7 heteroatoms. The largest absolute Gasteiger partial charge is 0.339 e. The van der Waals surface area contributed by atoms with Crippen molar-refractivity contribution >= 4 is 17.7 Å². The summed E-state index contributed by atoms with van der Waals surface area (Å²) in [7, 11) is 0. The van der Waals surface area contributed by atoms with E-state index in [1.807, 2.05) is 45.9 Å². The first-order chi connectivity index (χ1) is 13.8. The number of nitrogens with zero attached hydrogens (tertiary/aromatic N) is 5. The van der Waals surface area contributed by atoms with Crippen molar-refractivity contribution in [3.8, 4) is 5.69 Å². The molecule has 2 heterocycles. The minimum absolute atomic E-state index is 0.159. The van der Waals surface area contributed by atoms with Gasteiger partial charge >= 0.3 is 0 Å². The van der Waals surface area contributed by atoms with Crippen LogP contribution in [0.1, 0.15) is 5.56 Å². The standard InChI is InChI=1S/C21H23N5OS/c27-20(16-28-21-23-22-17-26(21)19-9-5-2-6-10-19)25-13-11-24(12-14-25)15-18-7-3-1-4-8-18/h1-10,17H,11-16H2. The number of carbonyl (C=O) groups excluding carboxylic acids is 1. The summed E-state index contributed by atoms with van der Waals surface area (Å²) >= 11 is 1.44. The molecule has 0 radical (unpaired) electrons. The van der Waals surface area contributed by atoms with Crippen molar-refractivity contribution < 1.29 is 4.79 Å².